The predicted molar refractivity (Wildman–Crippen MR) is 243 cm³/mol. The maximum Gasteiger partial charge on any atom is 2.00 e. The van der Waals surface area contributed by atoms with Gasteiger partial charge in [0.05, 0.1) is 11.3 Å². The fourth-order valence-corrected chi connectivity index (χ4v) is 7.80. The van der Waals surface area contributed by atoms with Gasteiger partial charge in [-0.2, -0.15) is 12.1 Å². The molecule has 0 amide bonds. The fraction of sp³-hybridized carbons (Fsp3) is 0.226. The summed E-state index contributed by atoms with van der Waals surface area (Å²) in [6.07, 6.45) is 3.66. The van der Waals surface area contributed by atoms with Crippen LogP contribution in [0.3, 0.4) is 0 Å². The molecule has 8 heteroatoms. The van der Waals surface area contributed by atoms with Gasteiger partial charge in [-0.25, -0.2) is 9.37 Å². The number of hydrogen-bond acceptors (Lipinski definition) is 3. The molecule has 4 heterocycles. The van der Waals surface area contributed by atoms with Gasteiger partial charge >= 0.3 is 32.8 Å². The first-order valence-electron chi connectivity index (χ1n) is 20.4. The van der Waals surface area contributed by atoms with Crippen LogP contribution in [0.4, 0.5) is 27.1 Å². The zero-order valence-electron chi connectivity index (χ0n) is 36.0. The number of rotatable bonds is 6. The van der Waals surface area contributed by atoms with Gasteiger partial charge in [0.15, 0.2) is 0 Å². The Morgan fingerprint density at radius 2 is 1.34 bits per heavy atom. The average molecular weight is 985 g/mol. The monoisotopic (exact) mass is 984 g/mol. The van der Waals surface area contributed by atoms with Crippen LogP contribution >= 0.6 is 0 Å². The van der Waals surface area contributed by atoms with E-state index in [-0.39, 0.29) is 43.1 Å². The Morgan fingerprint density at radius 3 is 2.05 bits per heavy atom. The number of aromatic nitrogens is 3. The minimum Gasteiger partial charge on any atom is -0.509 e. The molecule has 0 radical (unpaired) electrons. The quantitative estimate of drug-likeness (QED) is 0.123. The normalized spacial score (nSPS) is 12.9. The summed E-state index contributed by atoms with van der Waals surface area (Å²) in [5.41, 5.74) is 10.5. The summed E-state index contributed by atoms with van der Waals surface area (Å²) in [5, 5.41) is 1.63. The first-order valence-corrected chi connectivity index (χ1v) is 20.4. The minimum atomic E-state index is -0.302. The molecule has 5 aromatic carbocycles. The van der Waals surface area contributed by atoms with Gasteiger partial charge in [0, 0.05) is 47.6 Å². The third kappa shape index (κ3) is 7.89. The van der Waals surface area contributed by atoms with Crippen molar-refractivity contribution >= 4 is 50.6 Å². The van der Waals surface area contributed by atoms with Crippen molar-refractivity contribution in [2.24, 2.45) is 0 Å². The van der Waals surface area contributed by atoms with Gasteiger partial charge in [-0.1, -0.05) is 103 Å². The van der Waals surface area contributed by atoms with Gasteiger partial charge in [0.2, 0.25) is 5.69 Å². The van der Waals surface area contributed by atoms with Crippen LogP contribution in [0.5, 0.6) is 11.5 Å². The third-order valence-corrected chi connectivity index (χ3v) is 11.2. The van der Waals surface area contributed by atoms with Gasteiger partial charge < -0.3 is 9.30 Å². The van der Waals surface area contributed by atoms with E-state index in [4.69, 9.17) is 14.7 Å². The van der Waals surface area contributed by atoms with Crippen molar-refractivity contribution in [2.45, 2.75) is 78.6 Å². The number of benzene rings is 5. The number of para-hydroxylation sites is 1. The van der Waals surface area contributed by atoms with E-state index < -0.39 is 0 Å². The van der Waals surface area contributed by atoms with Crippen molar-refractivity contribution in [3.05, 3.63) is 162 Å². The predicted octanol–water partition coefficient (Wildman–Crippen LogP) is 13.5. The molecule has 0 N–H and O–H groups in total. The van der Waals surface area contributed by atoms with Crippen LogP contribution in [0.2, 0.25) is 0 Å². The molecule has 61 heavy (non-hydrogen) atoms. The van der Waals surface area contributed by atoms with Crippen molar-refractivity contribution in [3.63, 3.8) is 0 Å². The summed E-state index contributed by atoms with van der Waals surface area (Å²) in [6.45, 7) is 20.1. The molecule has 6 nitrogen and oxygen atoms in total. The molecule has 306 valence electrons. The van der Waals surface area contributed by atoms with E-state index in [9.17, 15) is 4.39 Å². The Kier molecular flexibility index (Phi) is 10.6. The molecule has 0 saturated carbocycles. The van der Waals surface area contributed by atoms with Crippen molar-refractivity contribution < 1.29 is 30.2 Å². The summed E-state index contributed by atoms with van der Waals surface area (Å²) >= 11 is 0. The number of ether oxygens (including phenoxy) is 1. The average Bonchev–Trinajstić information content (AvgIpc) is 3.76. The molecule has 1 aliphatic heterocycles. The molecule has 0 fully saturated rings. The second kappa shape index (κ2) is 15.5. The molecule has 0 bridgehead atoms. The standard InChI is InChI=1S/C53H48FN5O.Pt/c1-51(2,3)34-23-25-56-49(29-34)59-46-22-19-37(54)30-44(46)42-21-20-41(32-48(42)59)60-40-15-12-14-38(31-40)57-33-58(39-27-35(52(4,5)6)26-36(28-39)53(7,8)9)50-43(16-13-18-47(50)57)45-17-10-11-24-55-45;/h10-30H,1-9H3;/q;+2. The molecule has 0 aliphatic carbocycles. The number of pyridine rings is 2. The Hall–Kier alpha value is -6.00. The van der Waals surface area contributed by atoms with Crippen molar-refractivity contribution in [2.75, 3.05) is 0 Å². The zero-order valence-corrected chi connectivity index (χ0v) is 38.2. The summed E-state index contributed by atoms with van der Waals surface area (Å²) < 4.78 is 27.5. The topological polar surface area (TPSA) is 46.0 Å². The molecular weight excluding hydrogens is 937 g/mol. The number of fused-ring (bicyclic) bond motifs is 4. The second-order valence-electron chi connectivity index (χ2n) is 18.7. The Bertz CT molecular complexity index is 3040. The molecule has 9 rings (SSSR count). The molecule has 8 aromatic rings. The maximum absolute atomic E-state index is 14.7. The first-order chi connectivity index (χ1) is 28.5. The summed E-state index contributed by atoms with van der Waals surface area (Å²) in [6, 6.07) is 48.7. The van der Waals surface area contributed by atoms with Crippen LogP contribution in [0.25, 0.3) is 38.9 Å². The van der Waals surface area contributed by atoms with Crippen molar-refractivity contribution in [1.82, 2.24) is 23.7 Å². The van der Waals surface area contributed by atoms with Gasteiger partial charge in [-0.3, -0.25) is 4.98 Å². The van der Waals surface area contributed by atoms with E-state index in [2.05, 4.69) is 127 Å². The Labute approximate surface area is 372 Å². The molecule has 1 aliphatic rings. The molecule has 3 aromatic heterocycles. The van der Waals surface area contributed by atoms with Crippen LogP contribution in [0.1, 0.15) is 79.0 Å². The van der Waals surface area contributed by atoms with E-state index in [1.165, 1.54) is 17.2 Å². The number of hydrogen-bond donors (Lipinski definition) is 0. The van der Waals surface area contributed by atoms with Crippen LogP contribution in [0.15, 0.2) is 128 Å². The maximum atomic E-state index is 14.7. The van der Waals surface area contributed by atoms with Crippen LogP contribution in [-0.4, -0.2) is 20.5 Å². The van der Waals surface area contributed by atoms with Crippen LogP contribution in [-0.2, 0) is 37.3 Å². The van der Waals surface area contributed by atoms with E-state index >= 15 is 0 Å². The van der Waals surface area contributed by atoms with E-state index in [1.807, 2.05) is 76.1 Å². The van der Waals surface area contributed by atoms with E-state index in [0.717, 1.165) is 67.2 Å². The van der Waals surface area contributed by atoms with E-state index in [0.29, 0.717) is 11.5 Å². The van der Waals surface area contributed by atoms with Crippen LogP contribution < -0.4 is 13.9 Å². The molecule has 0 spiro atoms. The Morgan fingerprint density at radius 1 is 0.623 bits per heavy atom. The Balaban J connectivity index is 0.00000514. The minimum absolute atomic E-state index is 0. The fourth-order valence-electron chi connectivity index (χ4n) is 7.80. The van der Waals surface area contributed by atoms with Gasteiger partial charge in [0.1, 0.15) is 17.3 Å². The van der Waals surface area contributed by atoms with Crippen LogP contribution in [0, 0.1) is 17.9 Å². The van der Waals surface area contributed by atoms with Crippen molar-refractivity contribution in [1.29, 1.82) is 0 Å². The number of halogens is 1. The molecular formula is C53H48FN5OPt+2. The van der Waals surface area contributed by atoms with E-state index in [1.54, 1.807) is 12.1 Å². The van der Waals surface area contributed by atoms with Gasteiger partial charge in [-0.05, 0) is 91.4 Å². The first kappa shape index (κ1) is 41.7. The molecule has 0 unspecified atom stereocenters. The largest absolute Gasteiger partial charge is 2.00 e. The number of nitrogens with zero attached hydrogens (tertiary/aromatic N) is 5. The smallest absolute Gasteiger partial charge is 0.509 e. The summed E-state index contributed by atoms with van der Waals surface area (Å²) in [7, 11) is 0. The van der Waals surface area contributed by atoms with Crippen molar-refractivity contribution in [3.8, 4) is 28.6 Å². The summed E-state index contributed by atoms with van der Waals surface area (Å²) in [4.78, 5) is 9.55. The molecule has 0 atom stereocenters. The summed E-state index contributed by atoms with van der Waals surface area (Å²) in [5.74, 6) is 1.43. The zero-order chi connectivity index (χ0) is 42.1. The molecule has 0 saturated heterocycles. The SMILES string of the molecule is CC(C)(C)c1cc([N+]2=C=[N+](c3[c-]c(Oc4[c-]c5c(cc4)c4cc(F)ccc4n5-c4cc(C(C)(C)C)ccn4)ccc3)c3cccc(-c4ccccn4)c32)cc(C(C)(C)C)c1.[Pt+2]. The third-order valence-electron chi connectivity index (χ3n) is 11.2. The van der Waals surface area contributed by atoms with Gasteiger partial charge in [0.25, 0.3) is 5.69 Å². The van der Waals surface area contributed by atoms with Gasteiger partial charge in [-0.15, -0.1) is 23.6 Å². The second-order valence-corrected chi connectivity index (χ2v) is 18.7.